The summed E-state index contributed by atoms with van der Waals surface area (Å²) in [7, 11) is 0. The van der Waals surface area contributed by atoms with E-state index in [1.807, 2.05) is 91.0 Å². The van der Waals surface area contributed by atoms with E-state index in [1.54, 1.807) is 18.2 Å². The first-order valence-corrected chi connectivity index (χ1v) is 15.4. The standard InChI is InChI=1S/C36H34BrFN2O4/c37-30-17-13-28(14-18-30)33-36(22-6-10-26-8-2-1-3-9-26,35(42)39-23-21-27-11-4-5-12-32(27)38)40-34(44-33)29-15-19-31(20-16-29)43-25-7-24-41/h1-6,8-20,33,41H,7,21-25H2,(H,39,42)/b10-6+/t33-,36-/m1/s1. The Kier molecular flexibility index (Phi) is 10.6. The number of ether oxygens (including phenoxy) is 2. The smallest absolute Gasteiger partial charge is 0.252 e. The van der Waals surface area contributed by atoms with Gasteiger partial charge in [-0.05, 0) is 65.6 Å². The fourth-order valence-corrected chi connectivity index (χ4v) is 5.32. The Morgan fingerprint density at radius 1 is 1.00 bits per heavy atom. The van der Waals surface area contributed by atoms with Crippen molar-refractivity contribution in [2.75, 3.05) is 19.8 Å². The van der Waals surface area contributed by atoms with Crippen LogP contribution < -0.4 is 10.1 Å². The number of aliphatic hydroxyl groups is 1. The van der Waals surface area contributed by atoms with Crippen LogP contribution in [0.1, 0.15) is 41.2 Å². The fraction of sp³-hybridized carbons (Fsp3) is 0.222. The van der Waals surface area contributed by atoms with Crippen molar-refractivity contribution in [3.05, 3.63) is 142 Å². The van der Waals surface area contributed by atoms with Gasteiger partial charge in [0.15, 0.2) is 11.6 Å². The highest BCUT2D eigenvalue weighted by Crippen LogP contribution is 2.43. The zero-order valence-electron chi connectivity index (χ0n) is 24.2. The molecule has 4 aromatic carbocycles. The van der Waals surface area contributed by atoms with Crippen molar-refractivity contribution < 1.29 is 23.8 Å². The van der Waals surface area contributed by atoms with Gasteiger partial charge in [-0.25, -0.2) is 9.38 Å². The molecule has 0 saturated carbocycles. The van der Waals surface area contributed by atoms with E-state index in [4.69, 9.17) is 19.6 Å². The molecule has 1 heterocycles. The first-order chi connectivity index (χ1) is 21.5. The number of hydrogen-bond donors (Lipinski definition) is 2. The number of aliphatic hydroxyl groups excluding tert-OH is 1. The van der Waals surface area contributed by atoms with Crippen LogP contribution in [-0.4, -0.2) is 42.2 Å². The lowest BCUT2D eigenvalue weighted by molar-refractivity contribution is -0.128. The van der Waals surface area contributed by atoms with Crippen LogP contribution in [-0.2, 0) is 16.0 Å². The van der Waals surface area contributed by atoms with Crippen molar-refractivity contribution in [1.82, 2.24) is 5.32 Å². The lowest BCUT2D eigenvalue weighted by atomic mass is 9.84. The molecule has 1 amide bonds. The minimum absolute atomic E-state index is 0.0589. The molecule has 0 aliphatic carbocycles. The molecule has 226 valence electrons. The molecule has 2 atom stereocenters. The average Bonchev–Trinajstić information content (AvgIpc) is 3.44. The molecule has 1 aliphatic heterocycles. The molecule has 2 N–H and O–H groups in total. The van der Waals surface area contributed by atoms with Crippen molar-refractivity contribution in [3.8, 4) is 5.75 Å². The second kappa shape index (κ2) is 14.9. The maximum Gasteiger partial charge on any atom is 0.252 e. The van der Waals surface area contributed by atoms with Gasteiger partial charge in [-0.2, -0.15) is 0 Å². The van der Waals surface area contributed by atoms with Crippen LogP contribution >= 0.6 is 15.9 Å². The van der Waals surface area contributed by atoms with Crippen molar-refractivity contribution >= 4 is 33.8 Å². The second-order valence-electron chi connectivity index (χ2n) is 10.5. The number of amides is 1. The van der Waals surface area contributed by atoms with Crippen LogP contribution in [0, 0.1) is 5.82 Å². The van der Waals surface area contributed by atoms with Crippen LogP contribution in [0.2, 0.25) is 0 Å². The summed E-state index contributed by atoms with van der Waals surface area (Å²) >= 11 is 3.50. The number of nitrogens with zero attached hydrogens (tertiary/aromatic N) is 1. The summed E-state index contributed by atoms with van der Waals surface area (Å²) in [4.78, 5) is 19.3. The molecule has 0 bridgehead atoms. The first kappa shape index (κ1) is 31.2. The van der Waals surface area contributed by atoms with Crippen LogP contribution in [0.4, 0.5) is 4.39 Å². The topological polar surface area (TPSA) is 80.2 Å². The van der Waals surface area contributed by atoms with E-state index in [9.17, 15) is 9.18 Å². The predicted molar refractivity (Wildman–Crippen MR) is 174 cm³/mol. The van der Waals surface area contributed by atoms with Gasteiger partial charge in [0, 0.05) is 36.0 Å². The van der Waals surface area contributed by atoms with Gasteiger partial charge in [-0.3, -0.25) is 4.79 Å². The van der Waals surface area contributed by atoms with Gasteiger partial charge >= 0.3 is 0 Å². The zero-order chi connectivity index (χ0) is 30.8. The third-order valence-corrected chi connectivity index (χ3v) is 7.91. The summed E-state index contributed by atoms with van der Waals surface area (Å²) in [5.41, 5.74) is 1.70. The lowest BCUT2D eigenvalue weighted by Crippen LogP contribution is -2.48. The van der Waals surface area contributed by atoms with E-state index in [0.717, 1.165) is 15.6 Å². The summed E-state index contributed by atoms with van der Waals surface area (Å²) in [6.07, 6.45) is 4.34. The number of rotatable bonds is 13. The highest BCUT2D eigenvalue weighted by Gasteiger charge is 2.52. The van der Waals surface area contributed by atoms with Crippen LogP contribution in [0.15, 0.2) is 119 Å². The van der Waals surface area contributed by atoms with Crippen LogP contribution in [0.3, 0.4) is 0 Å². The van der Waals surface area contributed by atoms with Gasteiger partial charge in [-0.1, -0.05) is 88.7 Å². The van der Waals surface area contributed by atoms with E-state index < -0.39 is 11.6 Å². The number of aliphatic imine (C=N–C) groups is 1. The monoisotopic (exact) mass is 656 g/mol. The molecule has 6 nitrogen and oxygen atoms in total. The SMILES string of the molecule is O=C(NCCc1ccccc1F)[C@]1(C/C=C/c2ccccc2)N=C(c2ccc(OCCCO)cc2)O[C@@H]1c1ccc(Br)cc1. The number of halogens is 2. The second-order valence-corrected chi connectivity index (χ2v) is 11.4. The summed E-state index contributed by atoms with van der Waals surface area (Å²) in [5.74, 6) is 0.395. The fourth-order valence-electron chi connectivity index (χ4n) is 5.06. The van der Waals surface area contributed by atoms with Gasteiger partial charge in [0.05, 0.1) is 6.61 Å². The van der Waals surface area contributed by atoms with Gasteiger partial charge < -0.3 is 19.9 Å². The molecule has 1 aliphatic rings. The molecule has 4 aromatic rings. The van der Waals surface area contributed by atoms with E-state index in [-0.39, 0.29) is 31.3 Å². The van der Waals surface area contributed by atoms with Crippen molar-refractivity contribution in [2.24, 2.45) is 4.99 Å². The number of benzene rings is 4. The number of hydrogen-bond acceptors (Lipinski definition) is 5. The molecular formula is C36H34BrFN2O4. The number of carbonyl (C=O) groups excluding carboxylic acids is 1. The van der Waals surface area contributed by atoms with E-state index in [1.165, 1.54) is 6.07 Å². The molecule has 0 aromatic heterocycles. The maximum absolute atomic E-state index is 14.3. The maximum atomic E-state index is 14.3. The molecule has 0 unspecified atom stereocenters. The predicted octanol–water partition coefficient (Wildman–Crippen LogP) is 7.07. The van der Waals surface area contributed by atoms with Crippen molar-refractivity contribution in [3.63, 3.8) is 0 Å². The summed E-state index contributed by atoms with van der Waals surface area (Å²) in [5, 5.41) is 12.1. The minimum Gasteiger partial charge on any atom is -0.494 e. The molecule has 5 rings (SSSR count). The Morgan fingerprint density at radius 2 is 1.73 bits per heavy atom. The Bertz CT molecular complexity index is 1590. The van der Waals surface area contributed by atoms with E-state index >= 15 is 0 Å². The van der Waals surface area contributed by atoms with E-state index in [0.29, 0.717) is 42.2 Å². The molecule has 44 heavy (non-hydrogen) atoms. The molecular weight excluding hydrogens is 623 g/mol. The van der Waals surface area contributed by atoms with Gasteiger partial charge in [-0.15, -0.1) is 0 Å². The summed E-state index contributed by atoms with van der Waals surface area (Å²) < 4.78 is 27.4. The number of carbonyl (C=O) groups is 1. The van der Waals surface area contributed by atoms with Crippen LogP contribution in [0.25, 0.3) is 6.08 Å². The molecule has 0 spiro atoms. The van der Waals surface area contributed by atoms with E-state index in [2.05, 4.69) is 21.2 Å². The first-order valence-electron chi connectivity index (χ1n) is 14.6. The van der Waals surface area contributed by atoms with Gasteiger partial charge in [0.2, 0.25) is 5.90 Å². The molecule has 0 fully saturated rings. The summed E-state index contributed by atoms with van der Waals surface area (Å²) in [6.45, 7) is 0.702. The highest BCUT2D eigenvalue weighted by atomic mass is 79.9. The van der Waals surface area contributed by atoms with Gasteiger partial charge in [0.25, 0.3) is 5.91 Å². The largest absolute Gasteiger partial charge is 0.494 e. The Morgan fingerprint density at radius 3 is 2.45 bits per heavy atom. The molecule has 8 heteroatoms. The van der Waals surface area contributed by atoms with Crippen molar-refractivity contribution in [2.45, 2.75) is 30.9 Å². The molecule has 0 saturated heterocycles. The average molecular weight is 658 g/mol. The Labute approximate surface area is 265 Å². The lowest BCUT2D eigenvalue weighted by Gasteiger charge is -2.30. The Hall–Kier alpha value is -4.27. The minimum atomic E-state index is -1.33. The molecule has 0 radical (unpaired) electrons. The zero-order valence-corrected chi connectivity index (χ0v) is 25.8. The highest BCUT2D eigenvalue weighted by molar-refractivity contribution is 9.10. The third-order valence-electron chi connectivity index (χ3n) is 7.38. The van der Waals surface area contributed by atoms with Crippen molar-refractivity contribution in [1.29, 1.82) is 0 Å². The normalized spacial score (nSPS) is 17.7. The quantitative estimate of drug-likeness (QED) is 0.151. The summed E-state index contributed by atoms with van der Waals surface area (Å²) in [6, 6.07) is 31.4. The number of nitrogens with one attached hydrogen (secondary N) is 1. The van der Waals surface area contributed by atoms with Gasteiger partial charge in [0.1, 0.15) is 11.6 Å². The Balaban J connectivity index is 1.49. The van der Waals surface area contributed by atoms with Crippen LogP contribution in [0.5, 0.6) is 5.75 Å². The third kappa shape index (κ3) is 7.62.